The molecule has 240 valence electrons. The molecule has 2 heterocycles. The van der Waals surface area contributed by atoms with Crippen LogP contribution in [0.2, 0.25) is 0 Å². The van der Waals surface area contributed by atoms with E-state index in [1.165, 1.54) is 0 Å². The number of hydrogen-bond acceptors (Lipinski definition) is 6. The van der Waals surface area contributed by atoms with Gasteiger partial charge < -0.3 is 24.4 Å². The van der Waals surface area contributed by atoms with E-state index in [4.69, 9.17) is 10.00 Å². The smallest absolute Gasteiger partial charge is 0.258 e. The maximum Gasteiger partial charge on any atom is 0.258 e. The number of amides is 2. The van der Waals surface area contributed by atoms with Gasteiger partial charge >= 0.3 is 0 Å². The molecule has 1 aliphatic heterocycles. The van der Waals surface area contributed by atoms with Gasteiger partial charge in [-0.05, 0) is 81.0 Å². The van der Waals surface area contributed by atoms with Crippen LogP contribution in [0.5, 0.6) is 5.75 Å². The number of aromatic nitrogens is 1. The summed E-state index contributed by atoms with van der Waals surface area (Å²) in [5, 5.41) is 14.3. The van der Waals surface area contributed by atoms with Crippen LogP contribution in [0, 0.1) is 16.7 Å². The summed E-state index contributed by atoms with van der Waals surface area (Å²) >= 11 is 0. The van der Waals surface area contributed by atoms with Crippen molar-refractivity contribution in [1.29, 1.82) is 5.26 Å². The van der Waals surface area contributed by atoms with E-state index in [1.807, 2.05) is 73.8 Å². The molecule has 1 N–H and O–H groups in total. The van der Waals surface area contributed by atoms with Gasteiger partial charge in [0.1, 0.15) is 11.2 Å². The molecule has 1 atom stereocenters. The third-order valence-corrected chi connectivity index (χ3v) is 8.48. The van der Waals surface area contributed by atoms with Crippen molar-refractivity contribution in [1.82, 2.24) is 9.88 Å². The zero-order chi connectivity index (χ0) is 32.1. The lowest BCUT2D eigenvalue weighted by Crippen LogP contribution is -2.47. The molecule has 0 radical (unpaired) electrons. The minimum atomic E-state index is -1.17. The lowest BCUT2D eigenvalue weighted by atomic mass is 9.90. The molecule has 0 aliphatic carbocycles. The summed E-state index contributed by atoms with van der Waals surface area (Å²) in [6, 6.07) is 24.6. The molecule has 3 aromatic carbocycles. The van der Waals surface area contributed by atoms with E-state index >= 15 is 0 Å². The number of halogens is 1. The van der Waals surface area contributed by atoms with Gasteiger partial charge in [0, 0.05) is 50.4 Å². The molecule has 4 aromatic rings. The van der Waals surface area contributed by atoms with Crippen molar-refractivity contribution in [3.63, 3.8) is 0 Å². The molecule has 9 nitrogen and oxygen atoms in total. The number of pyridine rings is 1. The van der Waals surface area contributed by atoms with Crippen LogP contribution in [0.15, 0.2) is 83.8 Å². The standard InChI is InChI=1S/C36H39N5O4.ClH/c1-5-41-31-17-16-29(21-32(31)39(4)34(43)36(2,3)35(41)44)45-20-8-10-28(38-23-26-14-12-25(22-37)13-15-26)24-40-19-18-27-9-6-7-11-30(27)33(40)42;/h6-7,9,11-19,21,28,38H,5,8,10,20,23-24H2,1-4H3;1H. The van der Waals surface area contributed by atoms with Gasteiger partial charge in [-0.3, -0.25) is 14.4 Å². The molecule has 1 aromatic heterocycles. The van der Waals surface area contributed by atoms with Crippen LogP contribution in [0.25, 0.3) is 10.8 Å². The monoisotopic (exact) mass is 641 g/mol. The molecule has 46 heavy (non-hydrogen) atoms. The summed E-state index contributed by atoms with van der Waals surface area (Å²) in [7, 11) is 1.69. The minimum absolute atomic E-state index is 0. The van der Waals surface area contributed by atoms with Crippen LogP contribution in [-0.4, -0.2) is 42.6 Å². The molecule has 1 aliphatic rings. The Kier molecular flexibility index (Phi) is 10.9. The van der Waals surface area contributed by atoms with Crippen molar-refractivity contribution in [2.45, 2.75) is 52.7 Å². The SMILES string of the molecule is CCN1C(=O)C(C)(C)C(=O)N(C)c2cc(OCCCC(Cn3ccc4ccccc4c3=O)NCc3ccc(C#N)cc3)ccc21.Cl. The van der Waals surface area contributed by atoms with Gasteiger partial charge in [0.2, 0.25) is 11.8 Å². The van der Waals surface area contributed by atoms with Gasteiger partial charge in [0.15, 0.2) is 0 Å². The lowest BCUT2D eigenvalue weighted by molar-refractivity contribution is -0.137. The summed E-state index contributed by atoms with van der Waals surface area (Å²) in [6.45, 7) is 7.19. The van der Waals surface area contributed by atoms with Crippen LogP contribution >= 0.6 is 12.4 Å². The van der Waals surface area contributed by atoms with E-state index in [0.717, 1.165) is 17.4 Å². The van der Waals surface area contributed by atoms with Crippen molar-refractivity contribution >= 4 is 46.4 Å². The molecule has 5 rings (SSSR count). The van der Waals surface area contributed by atoms with Crippen LogP contribution in [0.4, 0.5) is 11.4 Å². The average molecular weight is 642 g/mol. The third kappa shape index (κ3) is 7.09. The number of nitriles is 1. The molecule has 0 fully saturated rings. The van der Waals surface area contributed by atoms with E-state index < -0.39 is 5.41 Å². The van der Waals surface area contributed by atoms with Crippen molar-refractivity contribution in [2.24, 2.45) is 5.41 Å². The van der Waals surface area contributed by atoms with Crippen LogP contribution < -0.4 is 25.4 Å². The van der Waals surface area contributed by atoms with Gasteiger partial charge in [-0.2, -0.15) is 5.26 Å². The van der Waals surface area contributed by atoms with Crippen LogP contribution in [0.1, 0.15) is 44.7 Å². The number of benzene rings is 3. The molecule has 1 unspecified atom stereocenters. The Morgan fingerprint density at radius 3 is 2.41 bits per heavy atom. The topological polar surface area (TPSA) is 108 Å². The second-order valence-corrected chi connectivity index (χ2v) is 11.9. The van der Waals surface area contributed by atoms with E-state index in [0.29, 0.717) is 60.7 Å². The fraction of sp³-hybridized carbons (Fsp3) is 0.333. The molecular weight excluding hydrogens is 602 g/mol. The minimum Gasteiger partial charge on any atom is -0.494 e. The second-order valence-electron chi connectivity index (χ2n) is 11.9. The highest BCUT2D eigenvalue weighted by Gasteiger charge is 2.45. The van der Waals surface area contributed by atoms with E-state index in [-0.39, 0.29) is 35.8 Å². The zero-order valence-corrected chi connectivity index (χ0v) is 27.5. The largest absolute Gasteiger partial charge is 0.494 e. The number of carbonyl (C=O) groups excluding carboxylic acids is 2. The normalized spacial score (nSPS) is 14.7. The molecule has 10 heteroatoms. The Morgan fingerprint density at radius 2 is 1.70 bits per heavy atom. The third-order valence-electron chi connectivity index (χ3n) is 8.48. The highest BCUT2D eigenvalue weighted by atomic mass is 35.5. The number of hydrogen-bond donors (Lipinski definition) is 1. The summed E-state index contributed by atoms with van der Waals surface area (Å²) in [5.41, 5.74) is 1.78. The van der Waals surface area contributed by atoms with Crippen molar-refractivity contribution in [2.75, 3.05) is 30.0 Å². The van der Waals surface area contributed by atoms with Crippen molar-refractivity contribution in [3.05, 3.63) is 100 Å². The van der Waals surface area contributed by atoms with Gasteiger partial charge in [0.05, 0.1) is 29.6 Å². The molecule has 0 spiro atoms. The van der Waals surface area contributed by atoms with Crippen molar-refractivity contribution in [3.8, 4) is 11.8 Å². The molecule has 0 saturated carbocycles. The first-order valence-corrected chi connectivity index (χ1v) is 15.3. The van der Waals surface area contributed by atoms with Crippen LogP contribution in [-0.2, 0) is 22.7 Å². The highest BCUT2D eigenvalue weighted by Crippen LogP contribution is 2.40. The molecule has 2 amide bonds. The summed E-state index contributed by atoms with van der Waals surface area (Å²) in [6.07, 6.45) is 3.30. The Morgan fingerprint density at radius 1 is 0.957 bits per heavy atom. The molecular formula is C36H40ClN5O4. The van der Waals surface area contributed by atoms with Crippen molar-refractivity contribution < 1.29 is 14.3 Å². The quantitative estimate of drug-likeness (QED) is 0.167. The maximum absolute atomic E-state index is 13.2. The fourth-order valence-corrected chi connectivity index (χ4v) is 5.82. The highest BCUT2D eigenvalue weighted by molar-refractivity contribution is 6.20. The number of rotatable bonds is 11. The predicted octanol–water partition coefficient (Wildman–Crippen LogP) is 5.67. The van der Waals surface area contributed by atoms with Gasteiger partial charge in [-0.1, -0.05) is 30.3 Å². The van der Waals surface area contributed by atoms with Gasteiger partial charge in [-0.15, -0.1) is 12.4 Å². The first kappa shape index (κ1) is 34.2. The lowest BCUT2D eigenvalue weighted by Gasteiger charge is -2.27. The number of ether oxygens (including phenoxy) is 1. The van der Waals surface area contributed by atoms with E-state index in [2.05, 4.69) is 11.4 Å². The van der Waals surface area contributed by atoms with Crippen LogP contribution in [0.3, 0.4) is 0 Å². The fourth-order valence-electron chi connectivity index (χ4n) is 5.82. The first-order chi connectivity index (χ1) is 21.6. The summed E-state index contributed by atoms with van der Waals surface area (Å²) in [4.78, 5) is 42.8. The zero-order valence-electron chi connectivity index (χ0n) is 26.7. The average Bonchev–Trinajstić information content (AvgIpc) is 3.11. The summed E-state index contributed by atoms with van der Waals surface area (Å²) < 4.78 is 7.90. The number of nitrogens with one attached hydrogen (secondary N) is 1. The Balaban J connectivity index is 0.00000480. The first-order valence-electron chi connectivity index (χ1n) is 15.3. The Labute approximate surface area is 275 Å². The molecule has 0 saturated heterocycles. The maximum atomic E-state index is 13.2. The molecule has 0 bridgehead atoms. The number of nitrogens with zero attached hydrogens (tertiary/aromatic N) is 4. The van der Waals surface area contributed by atoms with Gasteiger partial charge in [0.25, 0.3) is 5.56 Å². The van der Waals surface area contributed by atoms with Gasteiger partial charge in [-0.25, -0.2) is 0 Å². The van der Waals surface area contributed by atoms with E-state index in [1.54, 1.807) is 47.4 Å². The Bertz CT molecular complexity index is 1810. The number of anilines is 2. The number of fused-ring (bicyclic) bond motifs is 2. The van der Waals surface area contributed by atoms with E-state index in [9.17, 15) is 14.4 Å². The predicted molar refractivity (Wildman–Crippen MR) is 184 cm³/mol. The Hall–Kier alpha value is -4.65. The number of carbonyl (C=O) groups is 2. The second kappa shape index (κ2) is 14.6. The summed E-state index contributed by atoms with van der Waals surface area (Å²) in [5.74, 6) is 0.130.